The van der Waals surface area contributed by atoms with Crippen LogP contribution in [0.15, 0.2) is 91.0 Å². The molecule has 1 fully saturated rings. The van der Waals surface area contributed by atoms with Crippen LogP contribution in [0.5, 0.6) is 0 Å². The summed E-state index contributed by atoms with van der Waals surface area (Å²) in [6, 6.07) is 29.4. The number of nitrogens with zero attached hydrogens (tertiary/aromatic N) is 1. The summed E-state index contributed by atoms with van der Waals surface area (Å²) in [7, 11) is 0. The normalized spacial score (nSPS) is 16.3. The molecule has 160 valence electrons. The summed E-state index contributed by atoms with van der Waals surface area (Å²) in [5.41, 5.74) is 2.00. The SMILES string of the molecule is O=C(OCc1ccccc1)N1CCCC1C(O)(Cc1ccccc1)Cc1ccccc1. The third-order valence-electron chi connectivity index (χ3n) is 6.02. The van der Waals surface area contributed by atoms with E-state index in [9.17, 15) is 9.90 Å². The standard InChI is InChI=1S/C27H29NO3/c29-26(31-21-24-15-8-3-9-16-24)28-18-10-17-25(28)27(30,19-22-11-4-1-5-12-22)20-23-13-6-2-7-14-23/h1-9,11-16,25,30H,10,17-21H2. The highest BCUT2D eigenvalue weighted by molar-refractivity contribution is 5.68. The minimum Gasteiger partial charge on any atom is -0.445 e. The van der Waals surface area contributed by atoms with Gasteiger partial charge in [0.05, 0.1) is 11.6 Å². The van der Waals surface area contributed by atoms with Gasteiger partial charge in [0.2, 0.25) is 0 Å². The molecule has 1 saturated heterocycles. The monoisotopic (exact) mass is 415 g/mol. The summed E-state index contributed by atoms with van der Waals surface area (Å²) in [6.07, 6.45) is 2.23. The van der Waals surface area contributed by atoms with Crippen LogP contribution in [0.25, 0.3) is 0 Å². The van der Waals surface area contributed by atoms with Gasteiger partial charge in [-0.05, 0) is 29.5 Å². The van der Waals surface area contributed by atoms with Crippen LogP contribution in [0, 0.1) is 0 Å². The fourth-order valence-corrected chi connectivity index (χ4v) is 4.54. The van der Waals surface area contributed by atoms with Crippen LogP contribution in [-0.4, -0.2) is 34.3 Å². The lowest BCUT2D eigenvalue weighted by Gasteiger charge is -2.39. The highest BCUT2D eigenvalue weighted by Gasteiger charge is 2.45. The maximum absolute atomic E-state index is 13.0. The number of carbonyl (C=O) groups excluding carboxylic acids is 1. The Morgan fingerprint density at radius 3 is 1.84 bits per heavy atom. The van der Waals surface area contributed by atoms with Crippen LogP contribution in [0.3, 0.4) is 0 Å². The molecule has 1 atom stereocenters. The van der Waals surface area contributed by atoms with Gasteiger partial charge in [-0.2, -0.15) is 0 Å². The van der Waals surface area contributed by atoms with Crippen molar-refractivity contribution >= 4 is 6.09 Å². The van der Waals surface area contributed by atoms with Gasteiger partial charge in [0.1, 0.15) is 6.61 Å². The molecule has 3 aromatic rings. The zero-order chi connectivity index (χ0) is 21.5. The molecule has 1 amide bonds. The molecule has 0 bridgehead atoms. The quantitative estimate of drug-likeness (QED) is 0.591. The number of hydrogen-bond donors (Lipinski definition) is 1. The molecule has 1 N–H and O–H groups in total. The van der Waals surface area contributed by atoms with Gasteiger partial charge in [0, 0.05) is 19.4 Å². The molecule has 0 aliphatic carbocycles. The second kappa shape index (κ2) is 9.80. The van der Waals surface area contributed by atoms with Crippen molar-refractivity contribution in [1.82, 2.24) is 4.90 Å². The number of rotatable bonds is 7. The lowest BCUT2D eigenvalue weighted by molar-refractivity contribution is -0.0327. The molecule has 1 aliphatic rings. The van der Waals surface area contributed by atoms with Crippen molar-refractivity contribution in [2.24, 2.45) is 0 Å². The van der Waals surface area contributed by atoms with E-state index in [1.54, 1.807) is 4.90 Å². The maximum atomic E-state index is 13.0. The number of aliphatic hydroxyl groups is 1. The Bertz CT molecular complexity index is 918. The topological polar surface area (TPSA) is 49.8 Å². The van der Waals surface area contributed by atoms with Gasteiger partial charge in [-0.15, -0.1) is 0 Å². The molecule has 0 saturated carbocycles. The summed E-state index contributed by atoms with van der Waals surface area (Å²) in [6.45, 7) is 0.836. The largest absolute Gasteiger partial charge is 0.445 e. The van der Waals surface area contributed by atoms with Crippen molar-refractivity contribution in [1.29, 1.82) is 0 Å². The molecule has 1 heterocycles. The molecule has 0 spiro atoms. The summed E-state index contributed by atoms with van der Waals surface area (Å²) >= 11 is 0. The Balaban J connectivity index is 1.54. The minimum atomic E-state index is -1.08. The van der Waals surface area contributed by atoms with Crippen molar-refractivity contribution in [2.75, 3.05) is 6.54 Å². The van der Waals surface area contributed by atoms with E-state index >= 15 is 0 Å². The smallest absolute Gasteiger partial charge is 0.410 e. The zero-order valence-corrected chi connectivity index (χ0v) is 17.7. The van der Waals surface area contributed by atoms with Crippen molar-refractivity contribution in [2.45, 2.75) is 43.9 Å². The molecule has 4 rings (SSSR count). The van der Waals surface area contributed by atoms with E-state index in [-0.39, 0.29) is 18.7 Å². The van der Waals surface area contributed by atoms with E-state index in [1.807, 2.05) is 91.0 Å². The van der Waals surface area contributed by atoms with Gasteiger partial charge < -0.3 is 14.7 Å². The van der Waals surface area contributed by atoms with E-state index in [1.165, 1.54) is 0 Å². The third-order valence-corrected chi connectivity index (χ3v) is 6.02. The minimum absolute atomic E-state index is 0.235. The van der Waals surface area contributed by atoms with Gasteiger partial charge in [0.15, 0.2) is 0 Å². The Labute approximate surface area is 184 Å². The van der Waals surface area contributed by atoms with Crippen LogP contribution in [0.2, 0.25) is 0 Å². The highest BCUT2D eigenvalue weighted by atomic mass is 16.6. The van der Waals surface area contributed by atoms with Crippen LogP contribution in [-0.2, 0) is 24.2 Å². The van der Waals surface area contributed by atoms with Crippen LogP contribution in [0.1, 0.15) is 29.5 Å². The highest BCUT2D eigenvalue weighted by Crippen LogP contribution is 2.33. The fraction of sp³-hybridized carbons (Fsp3) is 0.296. The first-order valence-corrected chi connectivity index (χ1v) is 10.9. The van der Waals surface area contributed by atoms with Gasteiger partial charge in [0.25, 0.3) is 0 Å². The fourth-order valence-electron chi connectivity index (χ4n) is 4.54. The molecular formula is C27H29NO3. The first-order valence-electron chi connectivity index (χ1n) is 10.9. The first-order chi connectivity index (χ1) is 15.1. The Morgan fingerprint density at radius 1 is 0.839 bits per heavy atom. The summed E-state index contributed by atoms with van der Waals surface area (Å²) in [4.78, 5) is 14.7. The average Bonchev–Trinajstić information content (AvgIpc) is 3.31. The van der Waals surface area contributed by atoms with Gasteiger partial charge in [-0.1, -0.05) is 91.0 Å². The predicted octanol–water partition coefficient (Wildman–Crippen LogP) is 5.00. The molecule has 4 nitrogen and oxygen atoms in total. The van der Waals surface area contributed by atoms with Gasteiger partial charge in [-0.25, -0.2) is 4.79 Å². The van der Waals surface area contributed by atoms with Crippen LogP contribution >= 0.6 is 0 Å². The van der Waals surface area contributed by atoms with E-state index < -0.39 is 5.60 Å². The van der Waals surface area contributed by atoms with Crippen LogP contribution in [0.4, 0.5) is 4.79 Å². The molecule has 0 aromatic heterocycles. The average molecular weight is 416 g/mol. The number of carbonyl (C=O) groups is 1. The van der Waals surface area contributed by atoms with E-state index in [2.05, 4.69) is 0 Å². The molecule has 4 heteroatoms. The molecular weight excluding hydrogens is 386 g/mol. The molecule has 3 aromatic carbocycles. The molecule has 1 aliphatic heterocycles. The summed E-state index contributed by atoms with van der Waals surface area (Å²) < 4.78 is 5.61. The van der Waals surface area contributed by atoms with E-state index in [0.29, 0.717) is 19.4 Å². The Morgan fingerprint density at radius 2 is 1.32 bits per heavy atom. The second-order valence-electron chi connectivity index (χ2n) is 8.32. The molecule has 31 heavy (non-hydrogen) atoms. The number of ether oxygens (including phenoxy) is 1. The van der Waals surface area contributed by atoms with E-state index in [4.69, 9.17) is 4.74 Å². The number of amides is 1. The predicted molar refractivity (Wildman–Crippen MR) is 122 cm³/mol. The third kappa shape index (κ3) is 5.33. The summed E-state index contributed by atoms with van der Waals surface area (Å²) in [5.74, 6) is 0. The number of hydrogen-bond acceptors (Lipinski definition) is 3. The van der Waals surface area contributed by atoms with Crippen molar-refractivity contribution in [3.05, 3.63) is 108 Å². The molecule has 1 unspecified atom stereocenters. The van der Waals surface area contributed by atoms with E-state index in [0.717, 1.165) is 29.5 Å². The molecule has 0 radical (unpaired) electrons. The lowest BCUT2D eigenvalue weighted by Crippen LogP contribution is -2.54. The van der Waals surface area contributed by atoms with Gasteiger partial charge >= 0.3 is 6.09 Å². The number of benzene rings is 3. The van der Waals surface area contributed by atoms with Crippen molar-refractivity contribution in [3.63, 3.8) is 0 Å². The zero-order valence-electron chi connectivity index (χ0n) is 17.7. The Kier molecular flexibility index (Phi) is 6.68. The maximum Gasteiger partial charge on any atom is 0.410 e. The lowest BCUT2D eigenvalue weighted by atomic mass is 9.81. The van der Waals surface area contributed by atoms with Crippen LogP contribution < -0.4 is 0 Å². The number of likely N-dealkylation sites (tertiary alicyclic amines) is 1. The van der Waals surface area contributed by atoms with Gasteiger partial charge in [-0.3, -0.25) is 0 Å². The Hall–Kier alpha value is -3.11. The first kappa shape index (κ1) is 21.1. The second-order valence-corrected chi connectivity index (χ2v) is 8.32. The summed E-state index contributed by atoms with van der Waals surface area (Å²) in [5, 5.41) is 12.0. The van der Waals surface area contributed by atoms with Crippen molar-refractivity contribution < 1.29 is 14.6 Å². The van der Waals surface area contributed by atoms with Crippen molar-refractivity contribution in [3.8, 4) is 0 Å².